The summed E-state index contributed by atoms with van der Waals surface area (Å²) in [6.07, 6.45) is -5.02. The molecule has 1 unspecified atom stereocenters. The van der Waals surface area contributed by atoms with Crippen LogP contribution in [0.4, 0.5) is 22.0 Å². The van der Waals surface area contributed by atoms with Crippen LogP contribution in [-0.4, -0.2) is 26.8 Å². The van der Waals surface area contributed by atoms with Crippen molar-refractivity contribution in [3.8, 4) is 11.6 Å². The smallest absolute Gasteiger partial charge is 0.436 e. The van der Waals surface area contributed by atoms with E-state index in [2.05, 4.69) is 10.4 Å². The third-order valence-corrected chi connectivity index (χ3v) is 5.37. The van der Waals surface area contributed by atoms with Crippen molar-refractivity contribution < 1.29 is 41.4 Å². The molecule has 0 aliphatic carbocycles. The van der Waals surface area contributed by atoms with Gasteiger partial charge in [0.2, 0.25) is 5.88 Å². The van der Waals surface area contributed by atoms with E-state index in [1.165, 1.54) is 37.3 Å². The van der Waals surface area contributed by atoms with E-state index in [9.17, 15) is 36.6 Å². The van der Waals surface area contributed by atoms with Crippen molar-refractivity contribution in [1.29, 1.82) is 0 Å². The number of aromatic nitrogens is 2. The van der Waals surface area contributed by atoms with E-state index < -0.39 is 52.7 Å². The summed E-state index contributed by atoms with van der Waals surface area (Å²) in [5, 5.41) is 15.0. The lowest BCUT2D eigenvalue weighted by Gasteiger charge is -2.17. The Labute approximate surface area is 202 Å². The first-order chi connectivity index (χ1) is 16.6. The highest BCUT2D eigenvalue weighted by molar-refractivity contribution is 5.98. The summed E-state index contributed by atoms with van der Waals surface area (Å²) in [7, 11) is 1.12. The quantitative estimate of drug-likeness (QED) is 0.389. The van der Waals surface area contributed by atoms with E-state index >= 15 is 0 Å². The van der Waals surface area contributed by atoms with Crippen molar-refractivity contribution in [2.24, 2.45) is 7.05 Å². The molecule has 0 fully saturated rings. The Morgan fingerprint density at radius 3 is 2.33 bits per heavy atom. The fourth-order valence-corrected chi connectivity index (χ4v) is 3.52. The molecule has 0 aliphatic rings. The summed E-state index contributed by atoms with van der Waals surface area (Å²) in [6.45, 7) is 3.71. The minimum absolute atomic E-state index is 0.0412. The van der Waals surface area contributed by atoms with Crippen molar-refractivity contribution in [1.82, 2.24) is 15.1 Å². The molecule has 192 valence electrons. The third kappa shape index (κ3) is 5.64. The lowest BCUT2D eigenvalue weighted by molar-refractivity contribution is -0.141. The van der Waals surface area contributed by atoms with Gasteiger partial charge in [-0.2, -0.15) is 18.3 Å². The van der Waals surface area contributed by atoms with Gasteiger partial charge in [0.05, 0.1) is 11.6 Å². The summed E-state index contributed by atoms with van der Waals surface area (Å²) in [6, 6.07) is 8.02. The number of carboxylic acid groups (broad SMARTS) is 1. The molecule has 7 nitrogen and oxygen atoms in total. The van der Waals surface area contributed by atoms with Crippen LogP contribution in [0.25, 0.3) is 0 Å². The van der Waals surface area contributed by atoms with Gasteiger partial charge in [0.15, 0.2) is 5.69 Å². The largest absolute Gasteiger partial charge is 0.478 e. The Kier molecular flexibility index (Phi) is 7.10. The molecule has 12 heteroatoms. The maximum atomic E-state index is 13.7. The lowest BCUT2D eigenvalue weighted by atomic mass is 10.0. The molecule has 1 amide bonds. The van der Waals surface area contributed by atoms with E-state index in [0.29, 0.717) is 22.7 Å². The Morgan fingerprint density at radius 1 is 1.11 bits per heavy atom. The number of aromatic carboxylic acids is 1. The van der Waals surface area contributed by atoms with Gasteiger partial charge in [-0.1, -0.05) is 24.3 Å². The number of carboxylic acids is 1. The number of carbonyl (C=O) groups excluding carboxylic acids is 1. The Hall–Kier alpha value is -3.96. The number of nitrogens with one attached hydrogen (secondary N) is 1. The molecule has 3 aromatic rings. The summed E-state index contributed by atoms with van der Waals surface area (Å²) in [5.74, 6) is -6.36. The summed E-state index contributed by atoms with van der Waals surface area (Å²) in [4.78, 5) is 24.3. The highest BCUT2D eigenvalue weighted by Gasteiger charge is 2.42. The lowest BCUT2D eigenvalue weighted by Crippen LogP contribution is -2.29. The number of nitrogens with zero attached hydrogens (tertiary/aromatic N) is 2. The van der Waals surface area contributed by atoms with Gasteiger partial charge in [-0.25, -0.2) is 18.3 Å². The number of ether oxygens (including phenoxy) is 1. The number of hydrogen-bond donors (Lipinski definition) is 2. The average Bonchev–Trinajstić information content (AvgIpc) is 3.09. The monoisotopic (exact) mass is 511 g/mol. The number of halogens is 5. The van der Waals surface area contributed by atoms with Gasteiger partial charge in [-0.3, -0.25) is 4.79 Å². The zero-order valence-electron chi connectivity index (χ0n) is 19.6. The predicted octanol–water partition coefficient (Wildman–Crippen LogP) is 5.84. The number of rotatable bonds is 7. The van der Waals surface area contributed by atoms with Gasteiger partial charge in [-0.15, -0.1) is 0 Å². The molecular weight excluding hydrogens is 489 g/mol. The number of alkyl halides is 5. The van der Waals surface area contributed by atoms with Gasteiger partial charge < -0.3 is 15.2 Å². The Balaban J connectivity index is 1.99. The number of carbonyl (C=O) groups is 2. The molecule has 36 heavy (non-hydrogen) atoms. The molecular formula is C24H22F5N3O4. The van der Waals surface area contributed by atoms with Crippen LogP contribution in [0.5, 0.6) is 11.6 Å². The highest BCUT2D eigenvalue weighted by Crippen LogP contribution is 2.38. The Morgan fingerprint density at radius 2 is 1.78 bits per heavy atom. The fourth-order valence-electron chi connectivity index (χ4n) is 3.52. The fraction of sp³-hybridized carbons (Fsp3) is 0.292. The molecule has 0 radical (unpaired) electrons. The molecule has 0 saturated carbocycles. The maximum absolute atomic E-state index is 13.7. The molecule has 1 atom stereocenters. The van der Waals surface area contributed by atoms with Gasteiger partial charge in [0.25, 0.3) is 11.8 Å². The van der Waals surface area contributed by atoms with Crippen LogP contribution in [0, 0.1) is 6.92 Å². The van der Waals surface area contributed by atoms with Crippen molar-refractivity contribution in [2.75, 3.05) is 0 Å². The topological polar surface area (TPSA) is 93.5 Å². The molecule has 1 heterocycles. The SMILES string of the molecule is Cc1cc(C(C)NC(=O)c2c(C(F)(F)F)nn(C)c2Oc2cccc(C(C)(F)F)c2)ccc1C(=O)O. The number of aryl methyl sites for hydroxylation is 2. The van der Waals surface area contributed by atoms with Crippen molar-refractivity contribution in [2.45, 2.75) is 38.9 Å². The molecule has 3 rings (SSSR count). The average molecular weight is 511 g/mol. The molecule has 0 aliphatic heterocycles. The summed E-state index contributed by atoms with van der Waals surface area (Å²) >= 11 is 0. The van der Waals surface area contributed by atoms with E-state index in [1.807, 2.05) is 0 Å². The van der Waals surface area contributed by atoms with Crippen molar-refractivity contribution >= 4 is 11.9 Å². The second-order valence-electron chi connectivity index (χ2n) is 8.24. The normalized spacial score (nSPS) is 12.8. The standard InChI is InChI=1S/C24H22F5N3O4/c1-12-10-14(8-9-17(12)22(34)35)13(2)30-20(33)18-19(24(27,28)29)31-32(4)21(18)36-16-7-5-6-15(11-16)23(3,25)26/h5-11,13H,1-4H3,(H,30,33)(H,34,35). The minimum atomic E-state index is -5.02. The van der Waals surface area contributed by atoms with Gasteiger partial charge in [0, 0.05) is 19.5 Å². The van der Waals surface area contributed by atoms with Crippen LogP contribution in [0.2, 0.25) is 0 Å². The minimum Gasteiger partial charge on any atom is -0.478 e. The molecule has 1 aromatic heterocycles. The van der Waals surface area contributed by atoms with Crippen LogP contribution < -0.4 is 10.1 Å². The van der Waals surface area contributed by atoms with Gasteiger partial charge in [-0.05, 0) is 43.2 Å². The molecule has 0 spiro atoms. The highest BCUT2D eigenvalue weighted by atomic mass is 19.4. The van der Waals surface area contributed by atoms with Crippen molar-refractivity contribution in [3.63, 3.8) is 0 Å². The summed E-state index contributed by atoms with van der Waals surface area (Å²) < 4.78 is 74.8. The first-order valence-electron chi connectivity index (χ1n) is 10.5. The second kappa shape index (κ2) is 9.59. The first kappa shape index (κ1) is 26.6. The molecule has 0 bridgehead atoms. The van der Waals surface area contributed by atoms with Crippen LogP contribution >= 0.6 is 0 Å². The zero-order valence-corrected chi connectivity index (χ0v) is 19.6. The molecule has 2 aromatic carbocycles. The second-order valence-corrected chi connectivity index (χ2v) is 8.24. The maximum Gasteiger partial charge on any atom is 0.436 e. The van der Waals surface area contributed by atoms with Gasteiger partial charge in [0.1, 0.15) is 11.3 Å². The number of benzene rings is 2. The van der Waals surface area contributed by atoms with E-state index in [1.54, 1.807) is 6.92 Å². The third-order valence-electron chi connectivity index (χ3n) is 5.37. The predicted molar refractivity (Wildman–Crippen MR) is 118 cm³/mol. The van der Waals surface area contributed by atoms with Crippen LogP contribution in [-0.2, 0) is 19.1 Å². The van der Waals surface area contributed by atoms with Crippen LogP contribution in [0.15, 0.2) is 42.5 Å². The van der Waals surface area contributed by atoms with Crippen molar-refractivity contribution in [3.05, 3.63) is 76.0 Å². The number of hydrogen-bond acceptors (Lipinski definition) is 4. The number of amides is 1. The molecule has 0 saturated heterocycles. The van der Waals surface area contributed by atoms with E-state index in [4.69, 9.17) is 4.74 Å². The van der Waals surface area contributed by atoms with E-state index in [0.717, 1.165) is 19.2 Å². The zero-order chi connectivity index (χ0) is 27.0. The molecule has 2 N–H and O–H groups in total. The Bertz CT molecular complexity index is 1310. The van der Waals surface area contributed by atoms with Crippen LogP contribution in [0.1, 0.15) is 63.0 Å². The first-order valence-corrected chi connectivity index (χ1v) is 10.5. The van der Waals surface area contributed by atoms with Crippen LogP contribution in [0.3, 0.4) is 0 Å². The van der Waals surface area contributed by atoms with Gasteiger partial charge >= 0.3 is 12.1 Å². The summed E-state index contributed by atoms with van der Waals surface area (Å²) in [5.41, 5.74) is -1.99. The van der Waals surface area contributed by atoms with E-state index in [-0.39, 0.29) is 11.3 Å².